The van der Waals surface area contributed by atoms with E-state index in [1.165, 1.54) is 0 Å². The van der Waals surface area contributed by atoms with Gasteiger partial charge in [0.15, 0.2) is 0 Å². The molecule has 2 rings (SSSR count). The number of unbranched alkanes of at least 4 members (excludes halogenated alkanes) is 1. The van der Waals surface area contributed by atoms with Gasteiger partial charge in [-0.25, -0.2) is 0 Å². The minimum absolute atomic E-state index is 0.238. The van der Waals surface area contributed by atoms with Crippen molar-refractivity contribution in [1.29, 1.82) is 0 Å². The van der Waals surface area contributed by atoms with Gasteiger partial charge >= 0.3 is 0 Å². The molecule has 1 aromatic carbocycles. The molecule has 0 bridgehead atoms. The van der Waals surface area contributed by atoms with Gasteiger partial charge < -0.3 is 20.4 Å². The van der Waals surface area contributed by atoms with E-state index >= 15 is 0 Å². The van der Waals surface area contributed by atoms with Gasteiger partial charge in [-0.3, -0.25) is 9.59 Å². The lowest BCUT2D eigenvalue weighted by Crippen LogP contribution is -2.45. The Bertz CT molecular complexity index is 605. The van der Waals surface area contributed by atoms with E-state index in [0.717, 1.165) is 44.7 Å². The maximum Gasteiger partial charge on any atom is 0.239 e. The smallest absolute Gasteiger partial charge is 0.239 e. The molecule has 0 radical (unpaired) electrons. The van der Waals surface area contributed by atoms with E-state index in [-0.39, 0.29) is 11.8 Å². The van der Waals surface area contributed by atoms with Gasteiger partial charge in [-0.2, -0.15) is 0 Å². The number of nitrogens with zero attached hydrogens (tertiary/aromatic N) is 2. The van der Waals surface area contributed by atoms with Gasteiger partial charge in [-0.1, -0.05) is 13.3 Å². The second-order valence-electron chi connectivity index (χ2n) is 7.53. The highest BCUT2D eigenvalue weighted by Crippen LogP contribution is 2.22. The van der Waals surface area contributed by atoms with Gasteiger partial charge in [0.25, 0.3) is 0 Å². The van der Waals surface area contributed by atoms with E-state index < -0.39 is 5.41 Å². The predicted molar refractivity (Wildman–Crippen MR) is 106 cm³/mol. The fourth-order valence-electron chi connectivity index (χ4n) is 2.81. The number of nitrogens with one attached hydrogen (secondary N) is 2. The molecule has 1 saturated heterocycles. The average Bonchev–Trinajstić information content (AvgIpc) is 2.63. The maximum atomic E-state index is 12.5. The first-order chi connectivity index (χ1) is 12.3. The van der Waals surface area contributed by atoms with Crippen LogP contribution in [0.1, 0.15) is 33.6 Å². The van der Waals surface area contributed by atoms with E-state index in [4.69, 9.17) is 0 Å². The molecule has 0 aliphatic carbocycles. The lowest BCUT2D eigenvalue weighted by molar-refractivity contribution is -0.138. The molecule has 1 aliphatic rings. The number of benzene rings is 1. The van der Waals surface area contributed by atoms with Crippen molar-refractivity contribution in [2.24, 2.45) is 5.41 Å². The Morgan fingerprint density at radius 2 is 1.65 bits per heavy atom. The number of carbonyl (C=O) groups excluding carboxylic acids is 2. The number of piperazine rings is 1. The highest BCUT2D eigenvalue weighted by atomic mass is 16.2. The van der Waals surface area contributed by atoms with Crippen LogP contribution in [0.3, 0.4) is 0 Å². The highest BCUT2D eigenvalue weighted by Gasteiger charge is 2.35. The first-order valence-corrected chi connectivity index (χ1v) is 9.48. The summed E-state index contributed by atoms with van der Waals surface area (Å²) in [4.78, 5) is 29.5. The molecular weight excluding hydrogens is 328 g/mol. The molecule has 1 aromatic rings. The third-order valence-corrected chi connectivity index (χ3v) is 4.94. The maximum absolute atomic E-state index is 12.5. The van der Waals surface area contributed by atoms with Crippen LogP contribution in [0.25, 0.3) is 0 Å². The van der Waals surface area contributed by atoms with Crippen molar-refractivity contribution >= 4 is 23.2 Å². The van der Waals surface area contributed by atoms with Crippen LogP contribution < -0.4 is 15.5 Å². The van der Waals surface area contributed by atoms with Gasteiger partial charge in [0.1, 0.15) is 5.41 Å². The number of carbonyl (C=O) groups is 2. The summed E-state index contributed by atoms with van der Waals surface area (Å²) in [5.74, 6) is -0.531. The first-order valence-electron chi connectivity index (χ1n) is 9.48. The zero-order valence-corrected chi connectivity index (χ0v) is 16.5. The predicted octanol–water partition coefficient (Wildman–Crippen LogP) is 2.32. The summed E-state index contributed by atoms with van der Waals surface area (Å²) in [7, 11) is 2.14. The average molecular weight is 361 g/mol. The third kappa shape index (κ3) is 5.21. The Hall–Kier alpha value is -2.08. The zero-order chi connectivity index (χ0) is 19.2. The van der Waals surface area contributed by atoms with Crippen molar-refractivity contribution in [1.82, 2.24) is 10.2 Å². The second kappa shape index (κ2) is 9.03. The Labute approximate surface area is 156 Å². The van der Waals surface area contributed by atoms with E-state index in [0.29, 0.717) is 12.2 Å². The van der Waals surface area contributed by atoms with Crippen LogP contribution in [0, 0.1) is 5.41 Å². The minimum Gasteiger partial charge on any atom is -0.369 e. The summed E-state index contributed by atoms with van der Waals surface area (Å²) in [5, 5.41) is 5.70. The molecule has 26 heavy (non-hydrogen) atoms. The Balaban J connectivity index is 1.92. The molecule has 0 unspecified atom stereocenters. The van der Waals surface area contributed by atoms with Crippen LogP contribution in [0.4, 0.5) is 11.4 Å². The van der Waals surface area contributed by atoms with Crippen molar-refractivity contribution in [3.05, 3.63) is 24.3 Å². The van der Waals surface area contributed by atoms with Gasteiger partial charge in [-0.05, 0) is 51.6 Å². The van der Waals surface area contributed by atoms with Gasteiger partial charge in [-0.15, -0.1) is 0 Å². The lowest BCUT2D eigenvalue weighted by atomic mass is 9.91. The van der Waals surface area contributed by atoms with Crippen LogP contribution >= 0.6 is 0 Å². The number of anilines is 2. The molecular formula is C20H32N4O2. The van der Waals surface area contributed by atoms with E-state index in [2.05, 4.69) is 34.4 Å². The Morgan fingerprint density at radius 1 is 1.04 bits per heavy atom. The Morgan fingerprint density at radius 3 is 2.23 bits per heavy atom. The molecule has 0 spiro atoms. The molecule has 1 heterocycles. The summed E-state index contributed by atoms with van der Waals surface area (Å²) in [5.41, 5.74) is 0.763. The molecule has 1 fully saturated rings. The molecule has 2 N–H and O–H groups in total. The summed E-state index contributed by atoms with van der Waals surface area (Å²) >= 11 is 0. The van der Waals surface area contributed by atoms with E-state index in [9.17, 15) is 9.59 Å². The summed E-state index contributed by atoms with van der Waals surface area (Å²) in [6.07, 6.45) is 1.92. The molecule has 144 valence electrons. The number of hydrogen-bond acceptors (Lipinski definition) is 4. The number of hydrogen-bond donors (Lipinski definition) is 2. The number of likely N-dealkylation sites (N-methyl/N-ethyl adjacent to an activating group) is 1. The third-order valence-electron chi connectivity index (χ3n) is 4.94. The minimum atomic E-state index is -1.11. The molecule has 1 aliphatic heterocycles. The fourth-order valence-corrected chi connectivity index (χ4v) is 2.81. The lowest BCUT2D eigenvalue weighted by Gasteiger charge is -2.34. The quantitative estimate of drug-likeness (QED) is 0.579. The summed E-state index contributed by atoms with van der Waals surface area (Å²) in [6, 6.07) is 7.84. The molecule has 0 saturated carbocycles. The normalized spacial score (nSPS) is 15.6. The van der Waals surface area contributed by atoms with Crippen molar-refractivity contribution < 1.29 is 9.59 Å². The van der Waals surface area contributed by atoms with Crippen molar-refractivity contribution in [2.75, 3.05) is 50.0 Å². The fraction of sp³-hybridized carbons (Fsp3) is 0.600. The summed E-state index contributed by atoms with van der Waals surface area (Å²) in [6.45, 7) is 10.1. The molecule has 0 atom stereocenters. The van der Waals surface area contributed by atoms with E-state index in [1.54, 1.807) is 13.8 Å². The monoisotopic (exact) mass is 360 g/mol. The van der Waals surface area contributed by atoms with E-state index in [1.807, 2.05) is 24.3 Å². The molecule has 6 nitrogen and oxygen atoms in total. The van der Waals surface area contributed by atoms with Crippen LogP contribution in [-0.2, 0) is 9.59 Å². The van der Waals surface area contributed by atoms with Gasteiger partial charge in [0, 0.05) is 44.1 Å². The van der Waals surface area contributed by atoms with Crippen LogP contribution in [0.5, 0.6) is 0 Å². The second-order valence-corrected chi connectivity index (χ2v) is 7.53. The number of rotatable bonds is 7. The summed E-state index contributed by atoms with van der Waals surface area (Å²) < 4.78 is 0. The standard InChI is InChI=1S/C20H32N4O2/c1-5-6-11-21-18(25)20(2,3)19(26)22-16-7-9-17(10-8-16)24-14-12-23(4)13-15-24/h7-10H,5-6,11-15H2,1-4H3,(H,21,25)(H,22,26). The Kier molecular flexibility index (Phi) is 7.03. The molecule has 0 aromatic heterocycles. The first kappa shape index (κ1) is 20.2. The van der Waals surface area contributed by atoms with Crippen LogP contribution in [-0.4, -0.2) is 56.5 Å². The van der Waals surface area contributed by atoms with Crippen LogP contribution in [0.15, 0.2) is 24.3 Å². The van der Waals surface area contributed by atoms with Gasteiger partial charge in [0.2, 0.25) is 11.8 Å². The van der Waals surface area contributed by atoms with Crippen molar-refractivity contribution in [2.45, 2.75) is 33.6 Å². The largest absolute Gasteiger partial charge is 0.369 e. The highest BCUT2D eigenvalue weighted by molar-refractivity contribution is 6.09. The number of amides is 2. The topological polar surface area (TPSA) is 64.7 Å². The van der Waals surface area contributed by atoms with Gasteiger partial charge in [0.05, 0.1) is 0 Å². The molecule has 6 heteroatoms. The molecule has 2 amide bonds. The SMILES string of the molecule is CCCCNC(=O)C(C)(C)C(=O)Nc1ccc(N2CCN(C)CC2)cc1. The van der Waals surface area contributed by atoms with Crippen LogP contribution in [0.2, 0.25) is 0 Å². The van der Waals surface area contributed by atoms with Crippen molar-refractivity contribution in [3.8, 4) is 0 Å². The van der Waals surface area contributed by atoms with Crippen molar-refractivity contribution in [3.63, 3.8) is 0 Å². The zero-order valence-electron chi connectivity index (χ0n) is 16.5.